The number of aryl methyl sites for hydroxylation is 1. The number of pyridine rings is 1. The highest BCUT2D eigenvalue weighted by Crippen LogP contribution is 2.32. The van der Waals surface area contributed by atoms with Crippen molar-refractivity contribution < 1.29 is 0 Å². The number of nitrogens with zero attached hydrogens (tertiary/aromatic N) is 3. The zero-order valence-corrected chi connectivity index (χ0v) is 12.0. The molecule has 1 saturated carbocycles. The van der Waals surface area contributed by atoms with Crippen molar-refractivity contribution in [3.05, 3.63) is 42.0 Å². The van der Waals surface area contributed by atoms with Gasteiger partial charge in [0.1, 0.15) is 0 Å². The van der Waals surface area contributed by atoms with Gasteiger partial charge in [-0.05, 0) is 37.8 Å². The van der Waals surface area contributed by atoms with Gasteiger partial charge < -0.3 is 9.88 Å². The fourth-order valence-corrected chi connectivity index (χ4v) is 2.97. The largest absolute Gasteiger partial charge is 0.355 e. The van der Waals surface area contributed by atoms with Crippen molar-refractivity contribution in [1.82, 2.24) is 14.5 Å². The fraction of sp³-hybridized carbons (Fsp3) is 0.500. The van der Waals surface area contributed by atoms with Crippen LogP contribution in [0.1, 0.15) is 43.0 Å². The Kier molecular flexibility index (Phi) is 4.00. The van der Waals surface area contributed by atoms with E-state index in [4.69, 9.17) is 0 Å². The van der Waals surface area contributed by atoms with E-state index in [1.54, 1.807) is 0 Å². The van der Waals surface area contributed by atoms with E-state index in [1.807, 2.05) is 18.5 Å². The van der Waals surface area contributed by atoms with Gasteiger partial charge in [-0.1, -0.05) is 18.9 Å². The summed E-state index contributed by atoms with van der Waals surface area (Å²) in [7, 11) is 0. The second-order valence-electron chi connectivity index (χ2n) is 5.59. The number of aromatic nitrogens is 3. The maximum Gasteiger partial charge on any atom is 0.203 e. The Balaban J connectivity index is 1.62. The van der Waals surface area contributed by atoms with E-state index in [0.717, 1.165) is 24.6 Å². The number of imidazole rings is 1. The molecule has 0 aromatic carbocycles. The van der Waals surface area contributed by atoms with Crippen LogP contribution < -0.4 is 5.32 Å². The minimum absolute atomic E-state index is 0.636. The predicted octanol–water partition coefficient (Wildman–Crippen LogP) is 3.36. The number of hydrogen-bond donors (Lipinski definition) is 1. The zero-order valence-electron chi connectivity index (χ0n) is 12.0. The van der Waals surface area contributed by atoms with Gasteiger partial charge in [0.2, 0.25) is 5.95 Å². The van der Waals surface area contributed by atoms with E-state index in [9.17, 15) is 0 Å². The minimum atomic E-state index is 0.636. The molecule has 1 aliphatic carbocycles. The molecule has 4 nitrogen and oxygen atoms in total. The molecule has 3 rings (SSSR count). The van der Waals surface area contributed by atoms with E-state index in [0.29, 0.717) is 6.04 Å². The molecule has 0 saturated heterocycles. The molecule has 0 amide bonds. The fourth-order valence-electron chi connectivity index (χ4n) is 2.97. The maximum absolute atomic E-state index is 4.62. The highest BCUT2D eigenvalue weighted by atomic mass is 15.2. The molecule has 2 aromatic rings. The smallest absolute Gasteiger partial charge is 0.203 e. The van der Waals surface area contributed by atoms with Gasteiger partial charge in [-0.25, -0.2) is 4.98 Å². The summed E-state index contributed by atoms with van der Waals surface area (Å²) in [4.78, 5) is 8.77. The predicted molar refractivity (Wildman–Crippen MR) is 80.9 cm³/mol. The minimum Gasteiger partial charge on any atom is -0.355 e. The Morgan fingerprint density at radius 3 is 2.95 bits per heavy atom. The highest BCUT2D eigenvalue weighted by molar-refractivity contribution is 5.30. The van der Waals surface area contributed by atoms with Crippen molar-refractivity contribution in [2.75, 3.05) is 11.9 Å². The van der Waals surface area contributed by atoms with E-state index in [-0.39, 0.29) is 0 Å². The molecule has 4 heteroatoms. The van der Waals surface area contributed by atoms with Gasteiger partial charge in [0.05, 0.1) is 5.69 Å². The van der Waals surface area contributed by atoms with Crippen molar-refractivity contribution in [1.29, 1.82) is 0 Å². The van der Waals surface area contributed by atoms with E-state index >= 15 is 0 Å². The third-order valence-corrected chi connectivity index (χ3v) is 3.99. The van der Waals surface area contributed by atoms with Gasteiger partial charge in [-0.2, -0.15) is 0 Å². The number of anilines is 1. The summed E-state index contributed by atoms with van der Waals surface area (Å²) >= 11 is 0. The van der Waals surface area contributed by atoms with E-state index < -0.39 is 0 Å². The van der Waals surface area contributed by atoms with Crippen LogP contribution in [0.25, 0.3) is 0 Å². The molecule has 0 radical (unpaired) electrons. The van der Waals surface area contributed by atoms with Crippen molar-refractivity contribution in [2.24, 2.45) is 0 Å². The molecule has 2 aromatic heterocycles. The Morgan fingerprint density at radius 2 is 2.20 bits per heavy atom. The molecule has 0 aliphatic heterocycles. The van der Waals surface area contributed by atoms with Crippen LogP contribution >= 0.6 is 0 Å². The number of hydrogen-bond acceptors (Lipinski definition) is 3. The second kappa shape index (κ2) is 6.07. The summed E-state index contributed by atoms with van der Waals surface area (Å²) in [6.45, 7) is 2.96. The van der Waals surface area contributed by atoms with Crippen molar-refractivity contribution in [2.45, 2.75) is 45.1 Å². The Morgan fingerprint density at radius 1 is 1.35 bits per heavy atom. The molecule has 1 aliphatic rings. The molecular weight excluding hydrogens is 248 g/mol. The summed E-state index contributed by atoms with van der Waals surface area (Å²) in [5.41, 5.74) is 2.36. The molecule has 2 heterocycles. The molecule has 1 N–H and O–H groups in total. The van der Waals surface area contributed by atoms with Gasteiger partial charge in [-0.3, -0.25) is 4.98 Å². The van der Waals surface area contributed by atoms with Gasteiger partial charge >= 0.3 is 0 Å². The maximum atomic E-state index is 4.62. The lowest BCUT2D eigenvalue weighted by molar-refractivity contribution is 0.522. The molecule has 106 valence electrons. The summed E-state index contributed by atoms with van der Waals surface area (Å²) in [6.07, 6.45) is 12.2. The first-order valence-corrected chi connectivity index (χ1v) is 7.51. The Bertz CT molecular complexity index is 541. The van der Waals surface area contributed by atoms with Crippen molar-refractivity contribution in [3.63, 3.8) is 0 Å². The van der Waals surface area contributed by atoms with Gasteiger partial charge in [0.25, 0.3) is 0 Å². The first-order valence-electron chi connectivity index (χ1n) is 7.51. The number of rotatable bonds is 5. The molecule has 0 unspecified atom stereocenters. The lowest BCUT2D eigenvalue weighted by Gasteiger charge is -2.15. The highest BCUT2D eigenvalue weighted by Gasteiger charge is 2.19. The molecule has 0 spiro atoms. The first-order chi connectivity index (χ1) is 9.83. The van der Waals surface area contributed by atoms with Crippen LogP contribution in [0.15, 0.2) is 30.7 Å². The Labute approximate surface area is 120 Å². The van der Waals surface area contributed by atoms with Gasteiger partial charge in [-0.15, -0.1) is 0 Å². The van der Waals surface area contributed by atoms with E-state index in [1.165, 1.54) is 31.2 Å². The lowest BCUT2D eigenvalue weighted by Crippen LogP contribution is -2.13. The van der Waals surface area contributed by atoms with Crippen molar-refractivity contribution >= 4 is 5.95 Å². The standard InChI is InChI=1S/C16H22N4/c1-13-12-20(15-6-2-3-7-15)16(19-13)18-10-8-14-5-4-9-17-11-14/h4-5,9,11-12,15H,2-3,6-8,10H2,1H3,(H,18,19). The lowest BCUT2D eigenvalue weighted by atomic mass is 10.2. The Hall–Kier alpha value is -1.84. The van der Waals surface area contributed by atoms with Gasteiger partial charge in [0.15, 0.2) is 0 Å². The SMILES string of the molecule is Cc1cn(C2CCCC2)c(NCCc2cccnc2)n1. The van der Waals surface area contributed by atoms with Crippen LogP contribution in [-0.4, -0.2) is 21.1 Å². The summed E-state index contributed by atoms with van der Waals surface area (Å²) in [5.74, 6) is 1.03. The molecular formula is C16H22N4. The molecule has 20 heavy (non-hydrogen) atoms. The van der Waals surface area contributed by atoms with Crippen molar-refractivity contribution in [3.8, 4) is 0 Å². The van der Waals surface area contributed by atoms with Crippen LogP contribution in [0.4, 0.5) is 5.95 Å². The first kappa shape index (κ1) is 13.2. The summed E-state index contributed by atoms with van der Waals surface area (Å²) < 4.78 is 2.34. The third-order valence-electron chi connectivity index (χ3n) is 3.99. The topological polar surface area (TPSA) is 42.7 Å². The normalized spacial score (nSPS) is 15.7. The average molecular weight is 270 g/mol. The zero-order chi connectivity index (χ0) is 13.8. The average Bonchev–Trinajstić information content (AvgIpc) is 3.09. The summed E-state index contributed by atoms with van der Waals surface area (Å²) in [6, 6.07) is 4.74. The van der Waals surface area contributed by atoms with Crippen LogP contribution in [0, 0.1) is 6.92 Å². The van der Waals surface area contributed by atoms with Crippen LogP contribution in [0.3, 0.4) is 0 Å². The van der Waals surface area contributed by atoms with Crippen LogP contribution in [0.5, 0.6) is 0 Å². The molecule has 0 bridgehead atoms. The van der Waals surface area contributed by atoms with Crippen LogP contribution in [-0.2, 0) is 6.42 Å². The van der Waals surface area contributed by atoms with Crippen LogP contribution in [0.2, 0.25) is 0 Å². The number of nitrogens with one attached hydrogen (secondary N) is 1. The molecule has 1 fully saturated rings. The van der Waals surface area contributed by atoms with Gasteiger partial charge in [0, 0.05) is 31.2 Å². The third kappa shape index (κ3) is 3.00. The summed E-state index contributed by atoms with van der Waals surface area (Å²) in [5, 5.41) is 3.48. The van der Waals surface area contributed by atoms with E-state index in [2.05, 4.69) is 39.0 Å². The molecule has 0 atom stereocenters. The quantitative estimate of drug-likeness (QED) is 0.906. The second-order valence-corrected chi connectivity index (χ2v) is 5.59. The monoisotopic (exact) mass is 270 g/mol.